The predicted octanol–water partition coefficient (Wildman–Crippen LogP) is 7.86. The minimum absolute atomic E-state index is 0.389. The molecule has 48 heavy (non-hydrogen) atoms. The number of nitrogens with one attached hydrogen (secondary N) is 6. The van der Waals surface area contributed by atoms with E-state index < -0.39 is 0 Å². The SMILES string of the molecule is CNc1nc(Nc2ccccc2)nc(Nc2ccc(/C=C/c3ccc(Nc4nc(NC)nc(Nc5ccccc5)n4)cc3S)c(S)c2)n1. The lowest BCUT2D eigenvalue weighted by atomic mass is 10.1. The van der Waals surface area contributed by atoms with Gasteiger partial charge in [0.05, 0.1) is 0 Å². The maximum Gasteiger partial charge on any atom is 0.233 e. The van der Waals surface area contributed by atoms with E-state index in [0.29, 0.717) is 35.7 Å². The Kier molecular flexibility index (Phi) is 10.1. The average molecular weight is 673 g/mol. The second kappa shape index (κ2) is 15.2. The fraction of sp³-hybridized carbons (Fsp3) is 0.0588. The molecule has 0 aliphatic rings. The van der Waals surface area contributed by atoms with Gasteiger partial charge in [0, 0.05) is 46.6 Å². The monoisotopic (exact) mass is 672 g/mol. The number of hydrogen-bond donors (Lipinski definition) is 8. The van der Waals surface area contributed by atoms with Crippen LogP contribution in [0.4, 0.5) is 58.4 Å². The number of anilines is 10. The highest BCUT2D eigenvalue weighted by Gasteiger charge is 2.10. The standard InChI is InChI=1S/C34H32N12S2/c1-35-29-41-31(37-23-9-5-3-6-10-23)45-33(43-29)39-25-17-15-21(27(47)19-25)13-14-22-16-18-26(20-28(22)48)40-34-44-30(36-2)42-32(46-34)38-24-11-7-4-8-12-24/h3-20,47-48H,1-2H3,(H3,35,37,39,41,43,45)(H3,36,38,40,42,44,46)/b14-13+. The molecule has 0 atom stereocenters. The summed E-state index contributed by atoms with van der Waals surface area (Å²) < 4.78 is 0. The molecule has 0 spiro atoms. The zero-order valence-corrected chi connectivity index (χ0v) is 27.8. The van der Waals surface area contributed by atoms with Crippen LogP contribution in [-0.2, 0) is 0 Å². The fourth-order valence-corrected chi connectivity index (χ4v) is 5.04. The quantitative estimate of drug-likeness (QED) is 0.0472. The molecule has 6 aromatic rings. The maximum atomic E-state index is 4.73. The normalized spacial score (nSPS) is 10.8. The van der Waals surface area contributed by atoms with Crippen molar-refractivity contribution in [1.29, 1.82) is 0 Å². The summed E-state index contributed by atoms with van der Waals surface area (Å²) in [5.74, 6) is 2.47. The molecule has 14 heteroatoms. The van der Waals surface area contributed by atoms with Crippen LogP contribution in [0.15, 0.2) is 107 Å². The van der Waals surface area contributed by atoms with Crippen molar-refractivity contribution in [3.05, 3.63) is 108 Å². The summed E-state index contributed by atoms with van der Waals surface area (Å²) >= 11 is 9.46. The molecule has 0 saturated heterocycles. The average Bonchev–Trinajstić information content (AvgIpc) is 3.09. The van der Waals surface area contributed by atoms with Crippen LogP contribution in [0, 0.1) is 0 Å². The van der Waals surface area contributed by atoms with Crippen molar-refractivity contribution in [2.75, 3.05) is 46.0 Å². The van der Waals surface area contributed by atoms with Crippen molar-refractivity contribution < 1.29 is 0 Å². The molecule has 0 amide bonds. The molecule has 2 heterocycles. The number of thiol groups is 2. The highest BCUT2D eigenvalue weighted by atomic mass is 32.1. The third-order valence-corrected chi connectivity index (χ3v) is 7.57. The van der Waals surface area contributed by atoms with Crippen molar-refractivity contribution in [3.8, 4) is 0 Å². The molecule has 2 aromatic heterocycles. The second-order valence-corrected chi connectivity index (χ2v) is 11.2. The summed E-state index contributed by atoms with van der Waals surface area (Å²) in [6.45, 7) is 0. The molecule has 4 aromatic carbocycles. The summed E-state index contributed by atoms with van der Waals surface area (Å²) in [4.78, 5) is 28.3. The second-order valence-electron chi connectivity index (χ2n) is 10.2. The third kappa shape index (κ3) is 8.48. The van der Waals surface area contributed by atoms with E-state index in [1.807, 2.05) is 109 Å². The van der Waals surface area contributed by atoms with Crippen molar-refractivity contribution in [2.45, 2.75) is 9.79 Å². The molecule has 6 rings (SSSR count). The summed E-state index contributed by atoms with van der Waals surface area (Å²) in [5, 5.41) is 18.9. The van der Waals surface area contributed by atoms with E-state index in [1.54, 1.807) is 14.1 Å². The van der Waals surface area contributed by atoms with Gasteiger partial charge < -0.3 is 31.9 Å². The van der Waals surface area contributed by atoms with Crippen LogP contribution in [0.5, 0.6) is 0 Å². The zero-order chi connectivity index (χ0) is 33.3. The Morgan fingerprint density at radius 1 is 0.417 bits per heavy atom. The van der Waals surface area contributed by atoms with Crippen molar-refractivity contribution >= 4 is 95.8 Å². The van der Waals surface area contributed by atoms with Crippen molar-refractivity contribution in [2.24, 2.45) is 0 Å². The van der Waals surface area contributed by atoms with E-state index in [4.69, 9.17) is 25.3 Å². The lowest BCUT2D eigenvalue weighted by molar-refractivity contribution is 1.06. The van der Waals surface area contributed by atoms with Crippen LogP contribution in [0.1, 0.15) is 11.1 Å². The van der Waals surface area contributed by atoms with Gasteiger partial charge in [0.2, 0.25) is 35.7 Å². The van der Waals surface area contributed by atoms with E-state index in [0.717, 1.165) is 43.7 Å². The van der Waals surface area contributed by atoms with Gasteiger partial charge in [0.1, 0.15) is 0 Å². The molecule has 0 radical (unpaired) electrons. The summed E-state index contributed by atoms with van der Waals surface area (Å²) in [6, 6.07) is 31.1. The summed E-state index contributed by atoms with van der Waals surface area (Å²) in [7, 11) is 3.52. The number of hydrogen-bond acceptors (Lipinski definition) is 14. The molecule has 0 fully saturated rings. The highest BCUT2D eigenvalue weighted by Crippen LogP contribution is 2.27. The molecule has 12 nitrogen and oxygen atoms in total. The Morgan fingerprint density at radius 3 is 1.08 bits per heavy atom. The Morgan fingerprint density at radius 2 is 0.750 bits per heavy atom. The molecule has 0 bridgehead atoms. The van der Waals surface area contributed by atoms with Crippen LogP contribution >= 0.6 is 25.3 Å². The number of rotatable bonds is 12. The van der Waals surface area contributed by atoms with Gasteiger partial charge >= 0.3 is 0 Å². The molecule has 0 aliphatic carbocycles. The van der Waals surface area contributed by atoms with Crippen molar-refractivity contribution in [3.63, 3.8) is 0 Å². The van der Waals surface area contributed by atoms with Crippen LogP contribution in [0.2, 0.25) is 0 Å². The molecular weight excluding hydrogens is 641 g/mol. The number of para-hydroxylation sites is 2. The van der Waals surface area contributed by atoms with Crippen molar-refractivity contribution in [1.82, 2.24) is 29.9 Å². The van der Waals surface area contributed by atoms with Gasteiger partial charge in [-0.3, -0.25) is 0 Å². The molecule has 0 saturated carbocycles. The van der Waals surface area contributed by atoms with Gasteiger partial charge in [-0.15, -0.1) is 25.3 Å². The number of aromatic nitrogens is 6. The minimum Gasteiger partial charge on any atom is -0.357 e. The summed E-state index contributed by atoms with van der Waals surface area (Å²) in [5.41, 5.74) is 5.17. The highest BCUT2D eigenvalue weighted by molar-refractivity contribution is 7.80. The van der Waals surface area contributed by atoms with E-state index in [2.05, 4.69) is 61.8 Å². The fourth-order valence-electron chi connectivity index (χ4n) is 4.46. The molecule has 6 N–H and O–H groups in total. The Balaban J connectivity index is 1.13. The molecular formula is C34H32N12S2. The van der Waals surface area contributed by atoms with E-state index in [-0.39, 0.29) is 0 Å². The molecule has 0 unspecified atom stereocenters. The van der Waals surface area contributed by atoms with Gasteiger partial charge in [0.25, 0.3) is 0 Å². The lowest BCUT2D eigenvalue weighted by Gasteiger charge is -2.11. The molecule has 240 valence electrons. The van der Waals surface area contributed by atoms with Crippen LogP contribution in [0.25, 0.3) is 12.2 Å². The van der Waals surface area contributed by atoms with Gasteiger partial charge in [-0.1, -0.05) is 60.7 Å². The first kappa shape index (κ1) is 32.1. The first-order chi connectivity index (χ1) is 23.4. The zero-order valence-electron chi connectivity index (χ0n) is 26.0. The topological polar surface area (TPSA) is 150 Å². The Labute approximate surface area is 288 Å². The van der Waals surface area contributed by atoms with Gasteiger partial charge in [-0.2, -0.15) is 29.9 Å². The van der Waals surface area contributed by atoms with Gasteiger partial charge in [-0.25, -0.2) is 0 Å². The van der Waals surface area contributed by atoms with E-state index in [1.165, 1.54) is 0 Å². The Hall–Kier alpha value is -5.86. The number of nitrogens with zero attached hydrogens (tertiary/aromatic N) is 6. The van der Waals surface area contributed by atoms with E-state index in [9.17, 15) is 0 Å². The maximum absolute atomic E-state index is 4.73. The lowest BCUT2D eigenvalue weighted by Crippen LogP contribution is -2.07. The third-order valence-electron chi connectivity index (χ3n) is 6.79. The predicted molar refractivity (Wildman–Crippen MR) is 201 cm³/mol. The Bertz CT molecular complexity index is 1900. The largest absolute Gasteiger partial charge is 0.357 e. The smallest absolute Gasteiger partial charge is 0.233 e. The van der Waals surface area contributed by atoms with Crippen LogP contribution in [-0.4, -0.2) is 44.0 Å². The summed E-state index contributed by atoms with van der Waals surface area (Å²) in [6.07, 6.45) is 3.98. The van der Waals surface area contributed by atoms with Crippen LogP contribution < -0.4 is 31.9 Å². The van der Waals surface area contributed by atoms with E-state index >= 15 is 0 Å². The van der Waals surface area contributed by atoms with Gasteiger partial charge in [-0.05, 0) is 59.7 Å². The first-order valence-electron chi connectivity index (χ1n) is 14.8. The first-order valence-corrected chi connectivity index (χ1v) is 15.7. The van der Waals surface area contributed by atoms with Crippen LogP contribution in [0.3, 0.4) is 0 Å². The number of benzene rings is 4. The van der Waals surface area contributed by atoms with Gasteiger partial charge in [0.15, 0.2) is 0 Å². The minimum atomic E-state index is 0.389. The molecule has 0 aliphatic heterocycles.